The Morgan fingerprint density at radius 3 is 2.35 bits per heavy atom. The van der Waals surface area contributed by atoms with Gasteiger partial charge in [-0.1, -0.05) is 29.8 Å². The smallest absolute Gasteiger partial charge is 0.145 e. The molecule has 0 saturated carbocycles. The van der Waals surface area contributed by atoms with Gasteiger partial charge in [-0.3, -0.25) is 0 Å². The molecule has 1 N–H and O–H groups in total. The summed E-state index contributed by atoms with van der Waals surface area (Å²) in [5.74, 6) is -1.08. The zero-order valence-corrected chi connectivity index (χ0v) is 13.0. The predicted molar refractivity (Wildman–Crippen MR) is 80.7 cm³/mol. The van der Waals surface area contributed by atoms with Gasteiger partial charge in [0.15, 0.2) is 0 Å². The molecule has 20 heavy (non-hydrogen) atoms. The zero-order valence-electron chi connectivity index (χ0n) is 11.4. The van der Waals surface area contributed by atoms with E-state index in [1.165, 1.54) is 12.1 Å². The van der Waals surface area contributed by atoms with E-state index < -0.39 is 17.7 Å². The highest BCUT2D eigenvalue weighted by Crippen LogP contribution is 2.28. The van der Waals surface area contributed by atoms with Crippen LogP contribution in [0.5, 0.6) is 0 Å². The van der Waals surface area contributed by atoms with Gasteiger partial charge in [-0.05, 0) is 54.0 Å². The van der Waals surface area contributed by atoms with Gasteiger partial charge in [0.25, 0.3) is 0 Å². The number of hydrogen-bond acceptors (Lipinski definition) is 1. The van der Waals surface area contributed by atoms with Crippen LogP contribution < -0.4 is 5.32 Å². The lowest BCUT2D eigenvalue weighted by Crippen LogP contribution is -2.21. The predicted octanol–water partition coefficient (Wildman–Crippen LogP) is 4.54. The second kappa shape index (κ2) is 6.46. The van der Waals surface area contributed by atoms with Crippen molar-refractivity contribution in [2.75, 3.05) is 7.05 Å². The fourth-order valence-corrected chi connectivity index (χ4v) is 2.52. The molecular weight excluding hydrogens is 324 g/mol. The Labute approximate surface area is 126 Å². The summed E-state index contributed by atoms with van der Waals surface area (Å²) in [5.41, 5.74) is 2.27. The molecule has 2 aromatic carbocycles. The van der Waals surface area contributed by atoms with Crippen molar-refractivity contribution in [2.45, 2.75) is 19.4 Å². The van der Waals surface area contributed by atoms with Crippen molar-refractivity contribution in [1.29, 1.82) is 0 Å². The van der Waals surface area contributed by atoms with Crippen LogP contribution >= 0.6 is 15.9 Å². The third-order valence-corrected chi connectivity index (χ3v) is 3.95. The SMILES string of the molecule is CNC(Cc1ccc(C)cc1)c1c(F)ccc(Br)c1F. The van der Waals surface area contributed by atoms with Crippen LogP contribution in [0.15, 0.2) is 40.9 Å². The standard InChI is InChI=1S/C16H16BrF2N/c1-10-3-5-11(6-4-10)9-14(20-2)15-13(18)8-7-12(17)16(15)19/h3-8,14,20H,9H2,1-2H3. The lowest BCUT2D eigenvalue weighted by molar-refractivity contribution is 0.487. The first-order chi connectivity index (χ1) is 9.52. The molecule has 0 spiro atoms. The van der Waals surface area contributed by atoms with Gasteiger partial charge in [-0.2, -0.15) is 0 Å². The van der Waals surface area contributed by atoms with Gasteiger partial charge in [-0.25, -0.2) is 8.78 Å². The first kappa shape index (κ1) is 15.1. The van der Waals surface area contributed by atoms with Crippen LogP contribution in [0.25, 0.3) is 0 Å². The van der Waals surface area contributed by atoms with E-state index in [0.29, 0.717) is 6.42 Å². The average molecular weight is 340 g/mol. The summed E-state index contributed by atoms with van der Waals surface area (Å²) in [5, 5.41) is 2.99. The van der Waals surface area contributed by atoms with E-state index in [9.17, 15) is 8.78 Å². The van der Waals surface area contributed by atoms with E-state index in [0.717, 1.165) is 11.1 Å². The molecule has 0 radical (unpaired) electrons. The van der Waals surface area contributed by atoms with Gasteiger partial charge in [0.2, 0.25) is 0 Å². The number of likely N-dealkylation sites (N-methyl/N-ethyl adjacent to an activating group) is 1. The van der Waals surface area contributed by atoms with Crippen molar-refractivity contribution in [3.63, 3.8) is 0 Å². The first-order valence-electron chi connectivity index (χ1n) is 6.39. The van der Waals surface area contributed by atoms with Crippen molar-refractivity contribution in [2.24, 2.45) is 0 Å². The molecular formula is C16H16BrF2N. The van der Waals surface area contributed by atoms with Gasteiger partial charge in [-0.15, -0.1) is 0 Å². The quantitative estimate of drug-likeness (QED) is 0.806. The lowest BCUT2D eigenvalue weighted by Gasteiger charge is -2.19. The molecule has 0 aliphatic carbocycles. The summed E-state index contributed by atoms with van der Waals surface area (Å²) < 4.78 is 28.3. The largest absolute Gasteiger partial charge is 0.313 e. The first-order valence-corrected chi connectivity index (χ1v) is 7.18. The maximum absolute atomic E-state index is 14.1. The summed E-state index contributed by atoms with van der Waals surface area (Å²) in [6, 6.07) is 10.2. The number of rotatable bonds is 4. The number of halogens is 3. The minimum atomic E-state index is -0.545. The van der Waals surface area contributed by atoms with Gasteiger partial charge in [0, 0.05) is 11.6 Å². The van der Waals surface area contributed by atoms with Gasteiger partial charge in [0.1, 0.15) is 11.6 Å². The molecule has 2 rings (SSSR count). The fourth-order valence-electron chi connectivity index (χ4n) is 2.17. The molecule has 0 heterocycles. The van der Waals surface area contributed by atoms with Crippen molar-refractivity contribution in [3.8, 4) is 0 Å². The van der Waals surface area contributed by atoms with Crippen molar-refractivity contribution in [1.82, 2.24) is 5.32 Å². The third kappa shape index (κ3) is 3.25. The maximum atomic E-state index is 14.1. The topological polar surface area (TPSA) is 12.0 Å². The molecule has 0 aliphatic heterocycles. The molecule has 1 atom stereocenters. The Balaban J connectivity index is 2.33. The van der Waals surface area contributed by atoms with E-state index in [1.54, 1.807) is 7.05 Å². The van der Waals surface area contributed by atoms with Crippen LogP contribution in [-0.2, 0) is 6.42 Å². The molecule has 0 aliphatic rings. The molecule has 0 aromatic heterocycles. The Morgan fingerprint density at radius 2 is 1.75 bits per heavy atom. The maximum Gasteiger partial charge on any atom is 0.145 e. The second-order valence-electron chi connectivity index (χ2n) is 4.79. The highest BCUT2D eigenvalue weighted by atomic mass is 79.9. The van der Waals surface area contributed by atoms with E-state index in [2.05, 4.69) is 21.2 Å². The third-order valence-electron chi connectivity index (χ3n) is 3.34. The number of benzene rings is 2. The summed E-state index contributed by atoms with van der Waals surface area (Å²) in [4.78, 5) is 0. The molecule has 4 heteroatoms. The van der Waals surface area contributed by atoms with Gasteiger partial charge < -0.3 is 5.32 Å². The monoisotopic (exact) mass is 339 g/mol. The summed E-state index contributed by atoms with van der Waals surface area (Å²) in [7, 11) is 1.71. The molecule has 0 bridgehead atoms. The van der Waals surface area contributed by atoms with Gasteiger partial charge in [0.05, 0.1) is 4.47 Å². The summed E-state index contributed by atoms with van der Waals surface area (Å²) >= 11 is 3.10. The van der Waals surface area contributed by atoms with Crippen LogP contribution in [0.2, 0.25) is 0 Å². The molecule has 106 valence electrons. The summed E-state index contributed by atoms with van der Waals surface area (Å²) in [6.07, 6.45) is 0.529. The highest BCUT2D eigenvalue weighted by molar-refractivity contribution is 9.10. The molecule has 1 unspecified atom stereocenters. The number of hydrogen-bond donors (Lipinski definition) is 1. The second-order valence-corrected chi connectivity index (χ2v) is 5.64. The number of aryl methyl sites for hydroxylation is 1. The minimum absolute atomic E-state index is 0.0717. The van der Waals surface area contributed by atoms with Gasteiger partial charge >= 0.3 is 0 Å². The molecule has 0 saturated heterocycles. The van der Waals surface area contributed by atoms with E-state index in [4.69, 9.17) is 0 Å². The zero-order chi connectivity index (χ0) is 14.7. The normalized spacial score (nSPS) is 12.4. The van der Waals surface area contributed by atoms with Crippen LogP contribution in [0.3, 0.4) is 0 Å². The van der Waals surface area contributed by atoms with E-state index in [1.807, 2.05) is 31.2 Å². The summed E-state index contributed by atoms with van der Waals surface area (Å²) in [6.45, 7) is 2.01. The molecule has 1 nitrogen and oxygen atoms in total. The average Bonchev–Trinajstić information content (AvgIpc) is 2.44. The van der Waals surface area contributed by atoms with Crippen LogP contribution in [0.1, 0.15) is 22.7 Å². The van der Waals surface area contributed by atoms with E-state index in [-0.39, 0.29) is 10.0 Å². The fraction of sp³-hybridized carbons (Fsp3) is 0.250. The van der Waals surface area contributed by atoms with E-state index >= 15 is 0 Å². The van der Waals surface area contributed by atoms with Crippen molar-refractivity contribution in [3.05, 3.63) is 69.2 Å². The van der Waals surface area contributed by atoms with Crippen LogP contribution in [0.4, 0.5) is 8.78 Å². The minimum Gasteiger partial charge on any atom is -0.313 e. The molecule has 0 fully saturated rings. The number of nitrogens with one attached hydrogen (secondary N) is 1. The Hall–Kier alpha value is -1.26. The Kier molecular flexibility index (Phi) is 4.89. The Bertz CT molecular complexity index is 596. The van der Waals surface area contributed by atoms with Crippen molar-refractivity contribution < 1.29 is 8.78 Å². The van der Waals surface area contributed by atoms with Crippen LogP contribution in [-0.4, -0.2) is 7.05 Å². The Morgan fingerprint density at radius 1 is 1.10 bits per heavy atom. The van der Waals surface area contributed by atoms with Crippen molar-refractivity contribution >= 4 is 15.9 Å². The molecule has 2 aromatic rings. The van der Waals surface area contributed by atoms with Crippen LogP contribution in [0, 0.1) is 18.6 Å². The lowest BCUT2D eigenvalue weighted by atomic mass is 9.97. The molecule has 0 amide bonds. The highest BCUT2D eigenvalue weighted by Gasteiger charge is 2.21.